The molecule has 0 bridgehead atoms. The molecule has 33 heavy (non-hydrogen) atoms. The van der Waals surface area contributed by atoms with Crippen LogP contribution in [0.1, 0.15) is 44.1 Å². The van der Waals surface area contributed by atoms with Gasteiger partial charge in [-0.3, -0.25) is 9.69 Å². The van der Waals surface area contributed by atoms with Crippen molar-refractivity contribution in [1.82, 2.24) is 14.9 Å². The van der Waals surface area contributed by atoms with Gasteiger partial charge in [0, 0.05) is 30.6 Å². The summed E-state index contributed by atoms with van der Waals surface area (Å²) in [4.78, 5) is 15.6. The number of morpholine rings is 1. The van der Waals surface area contributed by atoms with Gasteiger partial charge in [0.1, 0.15) is 6.04 Å². The van der Waals surface area contributed by atoms with Crippen molar-refractivity contribution in [3.8, 4) is 0 Å². The highest BCUT2D eigenvalue weighted by atomic mass is 32.2. The summed E-state index contributed by atoms with van der Waals surface area (Å²) in [6.45, 7) is 3.74. The topological polar surface area (TPSA) is 87.7 Å². The third-order valence-electron chi connectivity index (χ3n) is 6.53. The number of thioether (sulfide) groups is 1. The van der Waals surface area contributed by atoms with E-state index in [1.807, 2.05) is 36.6 Å². The van der Waals surface area contributed by atoms with Gasteiger partial charge < -0.3 is 10.1 Å². The fraction of sp³-hybridized carbons (Fsp3) is 0.625. The van der Waals surface area contributed by atoms with Gasteiger partial charge in [0.25, 0.3) is 0 Å². The van der Waals surface area contributed by atoms with Crippen LogP contribution in [0.15, 0.2) is 35.7 Å². The molecule has 1 amide bonds. The van der Waals surface area contributed by atoms with Crippen molar-refractivity contribution in [2.45, 2.75) is 50.1 Å². The van der Waals surface area contributed by atoms with Crippen LogP contribution >= 0.6 is 11.8 Å². The molecule has 9 heteroatoms. The molecule has 1 saturated heterocycles. The zero-order chi connectivity index (χ0) is 23.6. The van der Waals surface area contributed by atoms with E-state index in [2.05, 4.69) is 14.9 Å². The Balaban J connectivity index is 1.65. The summed E-state index contributed by atoms with van der Waals surface area (Å²) in [5.41, 5.74) is 0.728. The van der Waals surface area contributed by atoms with Crippen LogP contribution in [-0.2, 0) is 19.6 Å². The lowest BCUT2D eigenvalue weighted by atomic mass is 9.79. The maximum Gasteiger partial charge on any atom is 0.238 e. The predicted octanol–water partition coefficient (Wildman–Crippen LogP) is 2.85. The van der Waals surface area contributed by atoms with Crippen molar-refractivity contribution in [2.24, 2.45) is 0 Å². The SMILES string of the molecule is CSCCC(NS(=O)(=O)/C=C/c1ccccc1)C(=O)NCC1(N2CCOCC2)CCCCC1. The summed E-state index contributed by atoms with van der Waals surface area (Å²) in [5, 5.41) is 4.25. The fourth-order valence-corrected chi connectivity index (χ4v) is 6.18. The van der Waals surface area contributed by atoms with Crippen LogP contribution in [0.3, 0.4) is 0 Å². The molecule has 0 aromatic heterocycles. The molecule has 1 aliphatic carbocycles. The fourth-order valence-electron chi connectivity index (χ4n) is 4.68. The Morgan fingerprint density at radius 2 is 1.88 bits per heavy atom. The van der Waals surface area contributed by atoms with Crippen LogP contribution in [0, 0.1) is 0 Å². The van der Waals surface area contributed by atoms with Crippen molar-refractivity contribution in [3.05, 3.63) is 41.3 Å². The molecule has 2 fully saturated rings. The van der Waals surface area contributed by atoms with Gasteiger partial charge in [0.2, 0.25) is 15.9 Å². The van der Waals surface area contributed by atoms with E-state index in [-0.39, 0.29) is 11.4 Å². The second-order valence-electron chi connectivity index (χ2n) is 8.81. The van der Waals surface area contributed by atoms with E-state index in [0.29, 0.717) is 18.7 Å². The van der Waals surface area contributed by atoms with Gasteiger partial charge in [-0.1, -0.05) is 49.6 Å². The number of sulfonamides is 1. The van der Waals surface area contributed by atoms with Gasteiger partial charge in [-0.2, -0.15) is 16.5 Å². The quantitative estimate of drug-likeness (QED) is 0.491. The number of ether oxygens (including phenoxy) is 1. The van der Waals surface area contributed by atoms with E-state index < -0.39 is 16.1 Å². The third-order valence-corrected chi connectivity index (χ3v) is 8.28. The zero-order valence-electron chi connectivity index (χ0n) is 19.5. The largest absolute Gasteiger partial charge is 0.379 e. The number of nitrogens with zero attached hydrogens (tertiary/aromatic N) is 1. The summed E-state index contributed by atoms with van der Waals surface area (Å²) < 4.78 is 33.5. The molecule has 2 N–H and O–H groups in total. The molecule has 3 rings (SSSR count). The van der Waals surface area contributed by atoms with Gasteiger partial charge in [-0.25, -0.2) is 8.42 Å². The molecular weight excluding hydrogens is 458 g/mol. The summed E-state index contributed by atoms with van der Waals surface area (Å²) >= 11 is 1.60. The normalized spacial score (nSPS) is 20.5. The molecule has 7 nitrogen and oxygen atoms in total. The van der Waals surface area contributed by atoms with Gasteiger partial charge >= 0.3 is 0 Å². The molecule has 1 unspecified atom stereocenters. The van der Waals surface area contributed by atoms with Crippen molar-refractivity contribution in [1.29, 1.82) is 0 Å². The lowest BCUT2D eigenvalue weighted by molar-refractivity contribution is -0.124. The van der Waals surface area contributed by atoms with Crippen molar-refractivity contribution in [2.75, 3.05) is 44.9 Å². The Bertz CT molecular complexity index is 865. The second-order valence-corrected chi connectivity index (χ2v) is 11.4. The molecule has 1 aromatic rings. The molecule has 1 saturated carbocycles. The Kier molecular flexibility index (Phi) is 10.2. The average molecular weight is 496 g/mol. The molecule has 184 valence electrons. The van der Waals surface area contributed by atoms with E-state index in [1.54, 1.807) is 17.8 Å². The summed E-state index contributed by atoms with van der Waals surface area (Å²) in [7, 11) is -3.76. The van der Waals surface area contributed by atoms with E-state index >= 15 is 0 Å². The number of amides is 1. The maximum absolute atomic E-state index is 13.2. The first-order chi connectivity index (χ1) is 15.9. The van der Waals surface area contributed by atoms with Crippen LogP contribution in [-0.4, -0.2) is 75.7 Å². The molecular formula is C24H37N3O4S2. The minimum atomic E-state index is -3.76. The number of carbonyl (C=O) groups excluding carboxylic acids is 1. The summed E-state index contributed by atoms with van der Waals surface area (Å²) in [6, 6.07) is 8.45. The van der Waals surface area contributed by atoms with E-state index in [4.69, 9.17) is 4.74 Å². The Morgan fingerprint density at radius 1 is 1.18 bits per heavy atom. The Labute approximate surface area is 202 Å². The first-order valence-electron chi connectivity index (χ1n) is 11.8. The number of benzene rings is 1. The third kappa shape index (κ3) is 8.10. The lowest BCUT2D eigenvalue weighted by Gasteiger charge is -2.48. The Morgan fingerprint density at radius 3 is 2.55 bits per heavy atom. The van der Waals surface area contributed by atoms with Crippen LogP contribution in [0.2, 0.25) is 0 Å². The Hall–Kier alpha value is -1.39. The van der Waals surface area contributed by atoms with Gasteiger partial charge in [-0.05, 0) is 42.9 Å². The van der Waals surface area contributed by atoms with Gasteiger partial charge in [0.05, 0.1) is 13.2 Å². The highest BCUT2D eigenvalue weighted by Gasteiger charge is 2.39. The van der Waals surface area contributed by atoms with Gasteiger partial charge in [-0.15, -0.1) is 0 Å². The highest BCUT2D eigenvalue weighted by molar-refractivity contribution is 7.98. The molecule has 0 spiro atoms. The standard InChI is InChI=1S/C24H37N3O4S2/c1-32-18-10-22(26-33(29,30)19-11-21-8-4-2-5-9-21)23(28)25-20-24(12-6-3-7-13-24)27-14-16-31-17-15-27/h2,4-5,8-9,11,19,22,26H,3,6-7,10,12-18,20H2,1H3,(H,25,28)/b19-11+. The first kappa shape index (κ1) is 26.2. The van der Waals surface area contributed by atoms with E-state index in [1.165, 1.54) is 6.42 Å². The van der Waals surface area contributed by atoms with Crippen LogP contribution in [0.4, 0.5) is 0 Å². The highest BCUT2D eigenvalue weighted by Crippen LogP contribution is 2.34. The van der Waals surface area contributed by atoms with Gasteiger partial charge in [0.15, 0.2) is 0 Å². The number of nitrogens with one attached hydrogen (secondary N) is 2. The second kappa shape index (κ2) is 12.9. The number of hydrogen-bond acceptors (Lipinski definition) is 6. The number of hydrogen-bond donors (Lipinski definition) is 2. The molecule has 1 aliphatic heterocycles. The monoisotopic (exact) mass is 495 g/mol. The molecule has 0 radical (unpaired) electrons. The zero-order valence-corrected chi connectivity index (χ0v) is 21.1. The summed E-state index contributed by atoms with van der Waals surface area (Å²) in [5.74, 6) is 0.441. The average Bonchev–Trinajstić information content (AvgIpc) is 2.85. The number of rotatable bonds is 11. The van der Waals surface area contributed by atoms with Crippen molar-refractivity contribution >= 4 is 33.8 Å². The van der Waals surface area contributed by atoms with Crippen molar-refractivity contribution < 1.29 is 17.9 Å². The number of carbonyl (C=O) groups is 1. The van der Waals surface area contributed by atoms with Crippen LogP contribution in [0.25, 0.3) is 6.08 Å². The van der Waals surface area contributed by atoms with Crippen LogP contribution in [0.5, 0.6) is 0 Å². The van der Waals surface area contributed by atoms with Crippen LogP contribution < -0.4 is 10.0 Å². The minimum absolute atomic E-state index is 0.0617. The molecule has 1 aromatic carbocycles. The molecule has 2 aliphatic rings. The predicted molar refractivity (Wildman–Crippen MR) is 136 cm³/mol. The molecule has 1 heterocycles. The molecule has 1 atom stereocenters. The smallest absolute Gasteiger partial charge is 0.238 e. The van der Waals surface area contributed by atoms with E-state index in [9.17, 15) is 13.2 Å². The first-order valence-corrected chi connectivity index (χ1v) is 14.7. The maximum atomic E-state index is 13.2. The summed E-state index contributed by atoms with van der Waals surface area (Å²) in [6.07, 6.45) is 9.57. The van der Waals surface area contributed by atoms with Crippen molar-refractivity contribution in [3.63, 3.8) is 0 Å². The van der Waals surface area contributed by atoms with E-state index in [0.717, 1.165) is 63.0 Å². The minimum Gasteiger partial charge on any atom is -0.379 e. The lowest BCUT2D eigenvalue weighted by Crippen LogP contribution is -2.61.